The van der Waals surface area contributed by atoms with Crippen LogP contribution in [0.25, 0.3) is 0 Å². The number of rotatable bonds is 5. The molecule has 0 aliphatic carbocycles. The Hall–Kier alpha value is -2.41. The molecule has 1 aliphatic rings. The minimum absolute atomic E-state index is 0.0931. The van der Waals surface area contributed by atoms with Crippen LogP contribution in [-0.4, -0.2) is 43.4 Å². The lowest BCUT2D eigenvalue weighted by Crippen LogP contribution is -2.36. The van der Waals surface area contributed by atoms with E-state index in [2.05, 4.69) is 10.3 Å². The Labute approximate surface area is 160 Å². The van der Waals surface area contributed by atoms with Crippen LogP contribution >= 0.6 is 0 Å². The summed E-state index contributed by atoms with van der Waals surface area (Å²) in [5, 5.41) is 2.98. The molecule has 3 rings (SSSR count). The van der Waals surface area contributed by atoms with E-state index in [1.807, 2.05) is 43.9 Å². The number of benzene rings is 1. The summed E-state index contributed by atoms with van der Waals surface area (Å²) in [7, 11) is -2.98. The van der Waals surface area contributed by atoms with Gasteiger partial charge in [0.25, 0.3) is 5.91 Å². The molecule has 1 saturated heterocycles. The average molecular weight is 388 g/mol. The molecule has 144 valence electrons. The van der Waals surface area contributed by atoms with Crippen molar-refractivity contribution in [2.75, 3.05) is 28.3 Å². The molecule has 0 spiro atoms. The number of sulfone groups is 1. The highest BCUT2D eigenvalue weighted by Gasteiger charge is 2.32. The first kappa shape index (κ1) is 19.4. The van der Waals surface area contributed by atoms with Crippen LogP contribution in [0.3, 0.4) is 0 Å². The molecule has 1 aliphatic heterocycles. The van der Waals surface area contributed by atoms with E-state index in [9.17, 15) is 13.2 Å². The molecule has 1 unspecified atom stereocenters. The predicted molar refractivity (Wildman–Crippen MR) is 108 cm³/mol. The van der Waals surface area contributed by atoms with Crippen molar-refractivity contribution >= 4 is 27.2 Å². The molecule has 1 amide bonds. The molecule has 1 N–H and O–H groups in total. The Bertz CT molecular complexity index is 936. The molecule has 0 saturated carbocycles. The molecule has 1 aromatic carbocycles. The molecular formula is C20H25N3O3S. The standard InChI is InChI=1S/C20H25N3O3S/c1-4-23(17-9-11-27(25,26)13-17)18-12-16(8-10-21-18)20(24)22-19-14(2)6-5-7-15(19)3/h5-8,10,12,17H,4,9,11,13H2,1-3H3,(H,22,24). The largest absolute Gasteiger partial charge is 0.353 e. The van der Waals surface area contributed by atoms with Gasteiger partial charge in [0, 0.05) is 30.0 Å². The maximum absolute atomic E-state index is 12.8. The number of hydrogen-bond donors (Lipinski definition) is 1. The van der Waals surface area contributed by atoms with Crippen molar-refractivity contribution in [2.24, 2.45) is 0 Å². The molecule has 6 nitrogen and oxygen atoms in total. The number of nitrogens with one attached hydrogen (secondary N) is 1. The smallest absolute Gasteiger partial charge is 0.255 e. The first-order valence-electron chi connectivity index (χ1n) is 9.11. The maximum Gasteiger partial charge on any atom is 0.255 e. The minimum Gasteiger partial charge on any atom is -0.353 e. The second-order valence-electron chi connectivity index (χ2n) is 6.97. The fourth-order valence-corrected chi connectivity index (χ4v) is 5.27. The first-order chi connectivity index (χ1) is 12.8. The van der Waals surface area contributed by atoms with Crippen molar-refractivity contribution in [3.63, 3.8) is 0 Å². The lowest BCUT2D eigenvalue weighted by atomic mass is 10.1. The van der Waals surface area contributed by atoms with Crippen LogP contribution in [0.4, 0.5) is 11.5 Å². The minimum atomic E-state index is -2.98. The fraction of sp³-hybridized carbons (Fsp3) is 0.400. The van der Waals surface area contributed by atoms with Gasteiger partial charge in [-0.25, -0.2) is 13.4 Å². The van der Waals surface area contributed by atoms with Crippen LogP contribution in [0, 0.1) is 13.8 Å². The molecule has 2 aromatic rings. The normalized spacial score (nSPS) is 18.3. The van der Waals surface area contributed by atoms with Gasteiger partial charge in [0.1, 0.15) is 5.82 Å². The van der Waals surface area contributed by atoms with Gasteiger partial charge in [-0.2, -0.15) is 0 Å². The van der Waals surface area contributed by atoms with Gasteiger partial charge in [-0.15, -0.1) is 0 Å². The quantitative estimate of drug-likeness (QED) is 0.853. The zero-order chi connectivity index (χ0) is 19.6. The number of aryl methyl sites for hydroxylation is 2. The highest BCUT2D eigenvalue weighted by atomic mass is 32.2. The van der Waals surface area contributed by atoms with Crippen molar-refractivity contribution in [3.05, 3.63) is 53.2 Å². The van der Waals surface area contributed by atoms with Gasteiger partial charge in [-0.1, -0.05) is 18.2 Å². The van der Waals surface area contributed by atoms with E-state index in [4.69, 9.17) is 0 Å². The molecular weight excluding hydrogens is 362 g/mol. The van der Waals surface area contributed by atoms with Gasteiger partial charge < -0.3 is 10.2 Å². The number of amides is 1. The van der Waals surface area contributed by atoms with Crippen molar-refractivity contribution < 1.29 is 13.2 Å². The number of anilines is 2. The lowest BCUT2D eigenvalue weighted by Gasteiger charge is -2.28. The molecule has 1 atom stereocenters. The van der Waals surface area contributed by atoms with E-state index in [0.717, 1.165) is 16.8 Å². The van der Waals surface area contributed by atoms with Crippen molar-refractivity contribution in [1.82, 2.24) is 4.98 Å². The molecule has 7 heteroatoms. The number of para-hydroxylation sites is 1. The van der Waals surface area contributed by atoms with Gasteiger partial charge in [-0.05, 0) is 50.5 Å². The van der Waals surface area contributed by atoms with E-state index >= 15 is 0 Å². The fourth-order valence-electron chi connectivity index (χ4n) is 3.54. The Morgan fingerprint density at radius 3 is 2.56 bits per heavy atom. The summed E-state index contributed by atoms with van der Waals surface area (Å²) in [6.45, 7) is 6.52. The van der Waals surface area contributed by atoms with Crippen LogP contribution in [0.15, 0.2) is 36.5 Å². The van der Waals surface area contributed by atoms with Gasteiger partial charge in [0.2, 0.25) is 0 Å². The monoisotopic (exact) mass is 387 g/mol. The molecule has 1 aromatic heterocycles. The van der Waals surface area contributed by atoms with E-state index in [-0.39, 0.29) is 23.5 Å². The number of hydrogen-bond acceptors (Lipinski definition) is 5. The third-order valence-corrected chi connectivity index (χ3v) is 6.76. The SMILES string of the molecule is CCN(c1cc(C(=O)Nc2c(C)cccc2C)ccn1)C1CCS(=O)(=O)C1. The zero-order valence-corrected chi connectivity index (χ0v) is 16.7. The molecule has 0 radical (unpaired) electrons. The zero-order valence-electron chi connectivity index (χ0n) is 15.9. The summed E-state index contributed by atoms with van der Waals surface area (Å²) in [6.07, 6.45) is 2.19. The summed E-state index contributed by atoms with van der Waals surface area (Å²) in [4.78, 5) is 19.1. The van der Waals surface area contributed by atoms with Crippen LogP contribution in [0.1, 0.15) is 34.8 Å². The number of carbonyl (C=O) groups is 1. The third-order valence-electron chi connectivity index (χ3n) is 5.01. The third kappa shape index (κ3) is 4.30. The van der Waals surface area contributed by atoms with Crippen molar-refractivity contribution in [2.45, 2.75) is 33.2 Å². The number of nitrogens with zero attached hydrogens (tertiary/aromatic N) is 2. The summed E-state index contributed by atoms with van der Waals surface area (Å²) >= 11 is 0. The Balaban J connectivity index is 1.83. The Morgan fingerprint density at radius 1 is 1.26 bits per heavy atom. The number of pyridine rings is 1. The van der Waals surface area contributed by atoms with Crippen LogP contribution in [-0.2, 0) is 9.84 Å². The molecule has 2 heterocycles. The molecule has 27 heavy (non-hydrogen) atoms. The summed E-state index contributed by atoms with van der Waals surface area (Å²) in [6, 6.07) is 9.19. The second-order valence-corrected chi connectivity index (χ2v) is 9.20. The van der Waals surface area contributed by atoms with Gasteiger partial charge in [0.05, 0.1) is 11.5 Å². The molecule has 1 fully saturated rings. The van der Waals surface area contributed by atoms with Crippen molar-refractivity contribution in [3.8, 4) is 0 Å². The van der Waals surface area contributed by atoms with E-state index in [0.29, 0.717) is 24.3 Å². The summed E-state index contributed by atoms with van der Waals surface area (Å²) in [5.74, 6) is 0.780. The van der Waals surface area contributed by atoms with E-state index < -0.39 is 9.84 Å². The highest BCUT2D eigenvalue weighted by molar-refractivity contribution is 7.91. The van der Waals surface area contributed by atoms with Crippen LogP contribution < -0.4 is 10.2 Å². The van der Waals surface area contributed by atoms with Gasteiger partial charge >= 0.3 is 0 Å². The Morgan fingerprint density at radius 2 is 1.96 bits per heavy atom. The van der Waals surface area contributed by atoms with Gasteiger partial charge in [-0.3, -0.25) is 4.79 Å². The summed E-state index contributed by atoms with van der Waals surface area (Å²) in [5.41, 5.74) is 3.32. The highest BCUT2D eigenvalue weighted by Crippen LogP contribution is 2.24. The number of carbonyl (C=O) groups excluding carboxylic acids is 1. The average Bonchev–Trinajstić information content (AvgIpc) is 2.98. The summed E-state index contributed by atoms with van der Waals surface area (Å²) < 4.78 is 23.6. The van der Waals surface area contributed by atoms with Gasteiger partial charge in [0.15, 0.2) is 9.84 Å². The van der Waals surface area contributed by atoms with E-state index in [1.165, 1.54) is 0 Å². The first-order valence-corrected chi connectivity index (χ1v) is 10.9. The van der Waals surface area contributed by atoms with Crippen molar-refractivity contribution in [1.29, 1.82) is 0 Å². The maximum atomic E-state index is 12.8. The van der Waals surface area contributed by atoms with Crippen LogP contribution in [0.2, 0.25) is 0 Å². The van der Waals surface area contributed by atoms with Crippen LogP contribution in [0.5, 0.6) is 0 Å². The second kappa shape index (κ2) is 7.68. The molecule has 0 bridgehead atoms. The Kier molecular flexibility index (Phi) is 5.51. The van der Waals surface area contributed by atoms with E-state index in [1.54, 1.807) is 18.3 Å². The predicted octanol–water partition coefficient (Wildman–Crippen LogP) is 2.96. The lowest BCUT2D eigenvalue weighted by molar-refractivity contribution is 0.102. The topological polar surface area (TPSA) is 79.4 Å². The number of aromatic nitrogens is 1.